The minimum Gasteiger partial charge on any atom is -0.382 e. The normalized spacial score (nSPS) is 21.6. The zero-order chi connectivity index (χ0) is 17.1. The van der Waals surface area contributed by atoms with Crippen molar-refractivity contribution in [1.82, 2.24) is 19.9 Å². The predicted octanol–water partition coefficient (Wildman–Crippen LogP) is 1.38. The van der Waals surface area contributed by atoms with Crippen LogP contribution in [0.4, 0.5) is 10.9 Å². The fourth-order valence-corrected chi connectivity index (χ4v) is 3.46. The molecule has 0 aromatic carbocycles. The van der Waals surface area contributed by atoms with Crippen molar-refractivity contribution in [3.05, 3.63) is 29.2 Å². The number of rotatable bonds is 4. The van der Waals surface area contributed by atoms with Crippen molar-refractivity contribution >= 4 is 28.2 Å². The van der Waals surface area contributed by atoms with E-state index in [2.05, 4.69) is 39.0 Å². The smallest absolute Gasteiger partial charge is 0.279 e. The maximum absolute atomic E-state index is 12.2. The van der Waals surface area contributed by atoms with E-state index >= 15 is 0 Å². The van der Waals surface area contributed by atoms with Crippen LogP contribution in [0.5, 0.6) is 0 Å². The molecule has 1 fully saturated rings. The van der Waals surface area contributed by atoms with Gasteiger partial charge >= 0.3 is 0 Å². The standard InChI is InChI=1S/C15H20N6O2S/c1-9-5-21(6-10(2)23-9)7-11-8-24-15(19-11)20-14(22)12-13(16)18-4-3-17-12/h3-4,8-10H,5-7H2,1-2H3,(H2,16,18)(H,19,20,22)/t9-,10-/m0/s1. The van der Waals surface area contributed by atoms with E-state index in [-0.39, 0.29) is 23.7 Å². The molecule has 2 aromatic rings. The maximum Gasteiger partial charge on any atom is 0.279 e. The largest absolute Gasteiger partial charge is 0.382 e. The summed E-state index contributed by atoms with van der Waals surface area (Å²) in [5, 5.41) is 5.18. The molecule has 0 unspecified atom stereocenters. The Balaban J connectivity index is 1.61. The SMILES string of the molecule is C[C@H]1CN(Cc2csc(NC(=O)c3nccnc3N)n2)C[C@H](C)O1. The van der Waals surface area contributed by atoms with Gasteiger partial charge in [-0.1, -0.05) is 0 Å². The molecular formula is C15H20N6O2S. The summed E-state index contributed by atoms with van der Waals surface area (Å²) in [6, 6.07) is 0. The second kappa shape index (κ2) is 7.20. The zero-order valence-corrected chi connectivity index (χ0v) is 14.4. The molecule has 8 nitrogen and oxygen atoms in total. The molecule has 2 aromatic heterocycles. The van der Waals surface area contributed by atoms with Gasteiger partial charge in [-0.05, 0) is 13.8 Å². The summed E-state index contributed by atoms with van der Waals surface area (Å²) in [4.78, 5) is 26.7. The number of nitrogens with one attached hydrogen (secondary N) is 1. The molecule has 0 spiro atoms. The Morgan fingerprint density at radius 2 is 2.08 bits per heavy atom. The highest BCUT2D eigenvalue weighted by molar-refractivity contribution is 7.13. The Hall–Kier alpha value is -2.10. The van der Waals surface area contributed by atoms with E-state index < -0.39 is 5.91 Å². The maximum atomic E-state index is 12.2. The van der Waals surface area contributed by atoms with Gasteiger partial charge in [-0.3, -0.25) is 15.0 Å². The fraction of sp³-hybridized carbons (Fsp3) is 0.467. The fourth-order valence-electron chi connectivity index (χ4n) is 2.76. The van der Waals surface area contributed by atoms with E-state index in [4.69, 9.17) is 10.5 Å². The van der Waals surface area contributed by atoms with Gasteiger partial charge in [0.05, 0.1) is 17.9 Å². The van der Waals surface area contributed by atoms with Crippen molar-refractivity contribution in [2.75, 3.05) is 24.1 Å². The molecule has 0 saturated carbocycles. The molecule has 1 saturated heterocycles. The molecule has 3 rings (SSSR count). The summed E-state index contributed by atoms with van der Waals surface area (Å²) < 4.78 is 5.73. The first kappa shape index (κ1) is 16.7. The number of ether oxygens (including phenoxy) is 1. The molecule has 128 valence electrons. The summed E-state index contributed by atoms with van der Waals surface area (Å²) in [5.41, 5.74) is 6.68. The molecule has 1 amide bonds. The Kier molecular flexibility index (Phi) is 5.03. The van der Waals surface area contributed by atoms with Crippen LogP contribution >= 0.6 is 11.3 Å². The quantitative estimate of drug-likeness (QED) is 0.859. The van der Waals surface area contributed by atoms with Crippen LogP contribution in [0.3, 0.4) is 0 Å². The first-order valence-electron chi connectivity index (χ1n) is 7.71. The second-order valence-corrected chi connectivity index (χ2v) is 6.70. The number of morpholine rings is 1. The van der Waals surface area contributed by atoms with Crippen LogP contribution in [0.25, 0.3) is 0 Å². The van der Waals surface area contributed by atoms with E-state index in [1.165, 1.54) is 23.7 Å². The highest BCUT2D eigenvalue weighted by Gasteiger charge is 2.23. The predicted molar refractivity (Wildman–Crippen MR) is 91.8 cm³/mol. The number of nitrogen functional groups attached to an aromatic ring is 1. The molecule has 1 aliphatic heterocycles. The lowest BCUT2D eigenvalue weighted by Crippen LogP contribution is -2.44. The molecule has 9 heteroatoms. The Bertz CT molecular complexity index is 711. The van der Waals surface area contributed by atoms with Gasteiger partial charge in [0.15, 0.2) is 16.6 Å². The monoisotopic (exact) mass is 348 g/mol. The van der Waals surface area contributed by atoms with Crippen LogP contribution in [0.1, 0.15) is 30.0 Å². The van der Waals surface area contributed by atoms with Crippen LogP contribution in [-0.2, 0) is 11.3 Å². The van der Waals surface area contributed by atoms with E-state index in [1.807, 2.05) is 5.38 Å². The van der Waals surface area contributed by atoms with Gasteiger partial charge < -0.3 is 10.5 Å². The van der Waals surface area contributed by atoms with Gasteiger partial charge in [0.25, 0.3) is 5.91 Å². The molecule has 0 radical (unpaired) electrons. The van der Waals surface area contributed by atoms with Crippen LogP contribution in [0, 0.1) is 0 Å². The lowest BCUT2D eigenvalue weighted by molar-refractivity contribution is -0.0707. The lowest BCUT2D eigenvalue weighted by Gasteiger charge is -2.34. The molecule has 3 N–H and O–H groups in total. The van der Waals surface area contributed by atoms with Crippen LogP contribution in [0.15, 0.2) is 17.8 Å². The highest BCUT2D eigenvalue weighted by Crippen LogP contribution is 2.20. The molecule has 0 bridgehead atoms. The van der Waals surface area contributed by atoms with Gasteiger partial charge in [0.2, 0.25) is 0 Å². The zero-order valence-electron chi connectivity index (χ0n) is 13.6. The van der Waals surface area contributed by atoms with Crippen molar-refractivity contribution < 1.29 is 9.53 Å². The van der Waals surface area contributed by atoms with Crippen LogP contribution in [0.2, 0.25) is 0 Å². The van der Waals surface area contributed by atoms with Gasteiger partial charge in [-0.2, -0.15) is 0 Å². The molecule has 0 aliphatic carbocycles. The average molecular weight is 348 g/mol. The Morgan fingerprint density at radius 1 is 1.38 bits per heavy atom. The molecule has 2 atom stereocenters. The van der Waals surface area contributed by atoms with Crippen molar-refractivity contribution in [2.24, 2.45) is 0 Å². The van der Waals surface area contributed by atoms with E-state index in [9.17, 15) is 4.79 Å². The third kappa shape index (κ3) is 4.05. The average Bonchev–Trinajstić information content (AvgIpc) is 2.93. The highest BCUT2D eigenvalue weighted by atomic mass is 32.1. The topological polar surface area (TPSA) is 106 Å². The number of thiazole rings is 1. The number of carbonyl (C=O) groups excluding carboxylic acids is 1. The molecule has 24 heavy (non-hydrogen) atoms. The van der Waals surface area contributed by atoms with Crippen molar-refractivity contribution in [3.63, 3.8) is 0 Å². The van der Waals surface area contributed by atoms with Crippen LogP contribution in [-0.4, -0.2) is 51.1 Å². The minimum atomic E-state index is -0.407. The summed E-state index contributed by atoms with van der Waals surface area (Å²) in [6.07, 6.45) is 3.30. The van der Waals surface area contributed by atoms with E-state index in [1.54, 1.807) is 0 Å². The number of carbonyl (C=O) groups is 1. The second-order valence-electron chi connectivity index (χ2n) is 5.84. The number of hydrogen-bond donors (Lipinski definition) is 2. The Morgan fingerprint density at radius 3 is 2.79 bits per heavy atom. The summed E-state index contributed by atoms with van der Waals surface area (Å²) >= 11 is 1.38. The van der Waals surface area contributed by atoms with E-state index in [0.717, 1.165) is 25.3 Å². The number of anilines is 2. The van der Waals surface area contributed by atoms with Gasteiger partial charge in [0.1, 0.15) is 0 Å². The first-order valence-corrected chi connectivity index (χ1v) is 8.59. The minimum absolute atomic E-state index is 0.100. The summed E-state index contributed by atoms with van der Waals surface area (Å²) in [6.45, 7) is 6.62. The summed E-state index contributed by atoms with van der Waals surface area (Å²) in [5.74, 6) is -0.307. The van der Waals surface area contributed by atoms with Crippen LogP contribution < -0.4 is 11.1 Å². The Labute approximate surface area is 144 Å². The lowest BCUT2D eigenvalue weighted by atomic mass is 10.2. The van der Waals surface area contributed by atoms with Gasteiger partial charge in [-0.25, -0.2) is 15.0 Å². The third-order valence-corrected chi connectivity index (χ3v) is 4.40. The number of aromatic nitrogens is 3. The number of nitrogens with zero attached hydrogens (tertiary/aromatic N) is 4. The molecule has 1 aliphatic rings. The third-order valence-electron chi connectivity index (χ3n) is 3.59. The van der Waals surface area contributed by atoms with Gasteiger partial charge in [-0.15, -0.1) is 11.3 Å². The molecule has 3 heterocycles. The summed E-state index contributed by atoms with van der Waals surface area (Å²) in [7, 11) is 0. The van der Waals surface area contributed by atoms with Gasteiger partial charge in [0, 0.05) is 37.4 Å². The number of nitrogens with two attached hydrogens (primary N) is 1. The molecular weight excluding hydrogens is 328 g/mol. The van der Waals surface area contributed by atoms with Crippen molar-refractivity contribution in [1.29, 1.82) is 0 Å². The van der Waals surface area contributed by atoms with Crippen molar-refractivity contribution in [2.45, 2.75) is 32.6 Å². The van der Waals surface area contributed by atoms with Crippen molar-refractivity contribution in [3.8, 4) is 0 Å². The number of hydrogen-bond acceptors (Lipinski definition) is 8. The van der Waals surface area contributed by atoms with E-state index in [0.29, 0.717) is 5.13 Å². The first-order chi connectivity index (χ1) is 11.5. The number of amides is 1.